The summed E-state index contributed by atoms with van der Waals surface area (Å²) in [7, 11) is -3.81. The second kappa shape index (κ2) is 6.83. The number of sulfonamides is 1. The molecule has 0 aliphatic rings. The third kappa shape index (κ3) is 4.49. The molecular weight excluding hydrogens is 348 g/mol. The van der Waals surface area contributed by atoms with E-state index in [2.05, 4.69) is 10.0 Å². The Labute approximate surface area is 147 Å². The normalized spacial score (nSPS) is 11.8. The maximum Gasteiger partial charge on any atom is 0.263 e. The van der Waals surface area contributed by atoms with E-state index in [4.69, 9.17) is 11.6 Å². The van der Waals surface area contributed by atoms with Gasteiger partial charge in [-0.05, 0) is 30.3 Å². The average Bonchev–Trinajstić information content (AvgIpc) is 2.46. The first-order valence-electron chi connectivity index (χ1n) is 7.28. The van der Waals surface area contributed by atoms with E-state index in [1.54, 1.807) is 57.2 Å². The molecule has 2 aromatic carbocycles. The number of carbonyl (C=O) groups excluding carboxylic acids is 1. The zero-order valence-electron chi connectivity index (χ0n) is 13.6. The van der Waals surface area contributed by atoms with Gasteiger partial charge in [0.2, 0.25) is 5.91 Å². The van der Waals surface area contributed by atoms with Gasteiger partial charge in [-0.2, -0.15) is 0 Å². The van der Waals surface area contributed by atoms with Crippen LogP contribution < -0.4 is 10.0 Å². The minimum atomic E-state index is -3.81. The summed E-state index contributed by atoms with van der Waals surface area (Å²) in [6, 6.07) is 12.7. The molecule has 0 spiro atoms. The molecule has 0 bridgehead atoms. The highest BCUT2D eigenvalue weighted by Crippen LogP contribution is 2.25. The van der Waals surface area contributed by atoms with Gasteiger partial charge in [-0.25, -0.2) is 8.42 Å². The largest absolute Gasteiger partial charge is 0.326 e. The highest BCUT2D eigenvalue weighted by molar-refractivity contribution is 7.92. The number of nitrogens with one attached hydrogen (secondary N) is 2. The predicted octanol–water partition coefficient (Wildman–Crippen LogP) is 4.13. The van der Waals surface area contributed by atoms with E-state index in [0.717, 1.165) is 0 Å². The summed E-state index contributed by atoms with van der Waals surface area (Å²) in [6.45, 7) is 5.39. The third-order valence-corrected chi connectivity index (χ3v) is 5.06. The van der Waals surface area contributed by atoms with Crippen molar-refractivity contribution in [1.82, 2.24) is 0 Å². The number of hydrogen-bond acceptors (Lipinski definition) is 3. The molecule has 0 heterocycles. The molecule has 0 saturated heterocycles. The molecule has 7 heteroatoms. The van der Waals surface area contributed by atoms with Crippen LogP contribution in [-0.2, 0) is 14.8 Å². The van der Waals surface area contributed by atoms with E-state index >= 15 is 0 Å². The van der Waals surface area contributed by atoms with Crippen LogP contribution in [0.15, 0.2) is 53.4 Å². The fraction of sp³-hybridized carbons (Fsp3) is 0.235. The standard InChI is InChI=1S/C17H19ClN2O3S/c1-17(2,3)16(21)19-12-7-6-8-13(11-12)20-24(22,23)15-10-5-4-9-14(15)18/h4-11,20H,1-3H3,(H,19,21). The zero-order valence-corrected chi connectivity index (χ0v) is 15.2. The number of carbonyl (C=O) groups is 1. The topological polar surface area (TPSA) is 75.3 Å². The molecule has 128 valence electrons. The van der Waals surface area contributed by atoms with E-state index in [-0.39, 0.29) is 15.8 Å². The fourth-order valence-corrected chi connectivity index (χ4v) is 3.42. The summed E-state index contributed by atoms with van der Waals surface area (Å²) in [6.07, 6.45) is 0. The Morgan fingerprint density at radius 3 is 2.25 bits per heavy atom. The van der Waals surface area contributed by atoms with Gasteiger partial charge in [0.25, 0.3) is 10.0 Å². The Morgan fingerprint density at radius 1 is 1.00 bits per heavy atom. The fourth-order valence-electron chi connectivity index (χ4n) is 1.85. The van der Waals surface area contributed by atoms with E-state index in [0.29, 0.717) is 11.4 Å². The molecule has 0 aliphatic carbocycles. The smallest absolute Gasteiger partial charge is 0.263 e. The lowest BCUT2D eigenvalue weighted by atomic mass is 9.95. The SMILES string of the molecule is CC(C)(C)C(=O)Nc1cccc(NS(=O)(=O)c2ccccc2Cl)c1. The molecule has 0 saturated carbocycles. The van der Waals surface area contributed by atoms with Crippen molar-refractivity contribution in [3.05, 3.63) is 53.6 Å². The van der Waals surface area contributed by atoms with Crippen molar-refractivity contribution in [3.8, 4) is 0 Å². The number of rotatable bonds is 4. The lowest BCUT2D eigenvalue weighted by Crippen LogP contribution is -2.27. The number of benzene rings is 2. The monoisotopic (exact) mass is 366 g/mol. The van der Waals surface area contributed by atoms with E-state index < -0.39 is 15.4 Å². The molecule has 0 aromatic heterocycles. The van der Waals surface area contributed by atoms with Crippen LogP contribution in [0.4, 0.5) is 11.4 Å². The minimum Gasteiger partial charge on any atom is -0.326 e. The van der Waals surface area contributed by atoms with Crippen LogP contribution in [0.3, 0.4) is 0 Å². The minimum absolute atomic E-state index is 0.00389. The van der Waals surface area contributed by atoms with Crippen molar-refractivity contribution >= 4 is 38.9 Å². The third-order valence-electron chi connectivity index (χ3n) is 3.18. The zero-order chi connectivity index (χ0) is 18.0. The second-order valence-electron chi connectivity index (χ2n) is 6.32. The summed E-state index contributed by atoms with van der Waals surface area (Å²) < 4.78 is 27.3. The molecule has 2 N–H and O–H groups in total. The van der Waals surface area contributed by atoms with E-state index in [1.165, 1.54) is 12.1 Å². The van der Waals surface area contributed by atoms with Gasteiger partial charge in [0.1, 0.15) is 4.90 Å². The average molecular weight is 367 g/mol. The van der Waals surface area contributed by atoms with Crippen LogP contribution in [-0.4, -0.2) is 14.3 Å². The van der Waals surface area contributed by atoms with Crippen LogP contribution in [0.25, 0.3) is 0 Å². The molecule has 0 unspecified atom stereocenters. The molecule has 2 rings (SSSR count). The number of anilines is 2. The molecule has 2 aromatic rings. The first-order valence-corrected chi connectivity index (χ1v) is 9.14. The number of hydrogen-bond donors (Lipinski definition) is 2. The highest BCUT2D eigenvalue weighted by atomic mass is 35.5. The number of amides is 1. The second-order valence-corrected chi connectivity index (χ2v) is 8.38. The summed E-state index contributed by atoms with van der Waals surface area (Å²) in [5.74, 6) is -0.159. The summed E-state index contributed by atoms with van der Waals surface area (Å²) >= 11 is 5.95. The molecule has 0 aliphatic heterocycles. The van der Waals surface area contributed by atoms with Crippen molar-refractivity contribution in [2.45, 2.75) is 25.7 Å². The van der Waals surface area contributed by atoms with Crippen molar-refractivity contribution in [1.29, 1.82) is 0 Å². The Kier molecular flexibility index (Phi) is 5.20. The van der Waals surface area contributed by atoms with E-state index in [9.17, 15) is 13.2 Å². The van der Waals surface area contributed by atoms with Gasteiger partial charge in [-0.1, -0.05) is 50.6 Å². The molecular formula is C17H19ClN2O3S. The molecule has 5 nitrogen and oxygen atoms in total. The van der Waals surface area contributed by atoms with Crippen molar-refractivity contribution < 1.29 is 13.2 Å². The molecule has 24 heavy (non-hydrogen) atoms. The molecule has 1 amide bonds. The Morgan fingerprint density at radius 2 is 1.62 bits per heavy atom. The lowest BCUT2D eigenvalue weighted by Gasteiger charge is -2.18. The van der Waals surface area contributed by atoms with Crippen LogP contribution in [0.1, 0.15) is 20.8 Å². The Bertz CT molecular complexity index is 858. The van der Waals surface area contributed by atoms with Gasteiger partial charge < -0.3 is 5.32 Å². The van der Waals surface area contributed by atoms with Crippen molar-refractivity contribution in [3.63, 3.8) is 0 Å². The van der Waals surface area contributed by atoms with Gasteiger partial charge in [-0.3, -0.25) is 9.52 Å². The first kappa shape index (κ1) is 18.3. The van der Waals surface area contributed by atoms with Gasteiger partial charge in [0.15, 0.2) is 0 Å². The Hall–Kier alpha value is -2.05. The van der Waals surface area contributed by atoms with Crippen molar-refractivity contribution in [2.24, 2.45) is 5.41 Å². The molecule has 0 atom stereocenters. The highest BCUT2D eigenvalue weighted by Gasteiger charge is 2.22. The van der Waals surface area contributed by atoms with Crippen molar-refractivity contribution in [2.75, 3.05) is 10.0 Å². The van der Waals surface area contributed by atoms with Gasteiger partial charge in [0.05, 0.1) is 10.7 Å². The van der Waals surface area contributed by atoms with Crippen LogP contribution in [0, 0.1) is 5.41 Å². The summed E-state index contributed by atoms with van der Waals surface area (Å²) in [4.78, 5) is 12.0. The summed E-state index contributed by atoms with van der Waals surface area (Å²) in [5, 5.41) is 2.90. The lowest BCUT2D eigenvalue weighted by molar-refractivity contribution is -0.123. The van der Waals surface area contributed by atoms with Gasteiger partial charge >= 0.3 is 0 Å². The van der Waals surface area contributed by atoms with Gasteiger partial charge in [0, 0.05) is 11.1 Å². The maximum atomic E-state index is 12.4. The Balaban J connectivity index is 2.24. The quantitative estimate of drug-likeness (QED) is 0.854. The predicted molar refractivity (Wildman–Crippen MR) is 96.8 cm³/mol. The van der Waals surface area contributed by atoms with Crippen LogP contribution in [0.2, 0.25) is 5.02 Å². The summed E-state index contributed by atoms with van der Waals surface area (Å²) in [5.41, 5.74) is 0.295. The molecule has 0 fully saturated rings. The van der Waals surface area contributed by atoms with Crippen LogP contribution >= 0.6 is 11.6 Å². The first-order chi connectivity index (χ1) is 11.1. The van der Waals surface area contributed by atoms with Crippen LogP contribution in [0.5, 0.6) is 0 Å². The number of halogens is 1. The molecule has 0 radical (unpaired) electrons. The maximum absolute atomic E-state index is 12.4. The van der Waals surface area contributed by atoms with E-state index in [1.807, 2.05) is 0 Å². The van der Waals surface area contributed by atoms with Gasteiger partial charge in [-0.15, -0.1) is 0 Å².